The monoisotopic (exact) mass is 241 g/mol. The van der Waals surface area contributed by atoms with Crippen LogP contribution in [0.1, 0.15) is 23.7 Å². The van der Waals surface area contributed by atoms with Gasteiger partial charge in [0.2, 0.25) is 0 Å². The average Bonchev–Trinajstić information content (AvgIpc) is 2.28. The highest BCUT2D eigenvalue weighted by atomic mass is 35.5. The van der Waals surface area contributed by atoms with Crippen LogP contribution in [0, 0.1) is 5.92 Å². The summed E-state index contributed by atoms with van der Waals surface area (Å²) in [6.07, 6.45) is 0.419. The lowest BCUT2D eigenvalue weighted by atomic mass is 10.00. The Morgan fingerprint density at radius 1 is 1.56 bits per heavy atom. The molecule has 4 heteroatoms. The normalized spacial score (nSPS) is 12.2. The van der Waals surface area contributed by atoms with Gasteiger partial charge in [-0.15, -0.1) is 0 Å². The van der Waals surface area contributed by atoms with E-state index in [9.17, 15) is 4.79 Å². The molecule has 1 aromatic rings. The molecule has 1 unspecified atom stereocenters. The number of halogens is 1. The second-order valence-corrected chi connectivity index (χ2v) is 4.22. The number of hydrogen-bond donors (Lipinski definition) is 1. The van der Waals surface area contributed by atoms with Crippen molar-refractivity contribution < 1.29 is 9.53 Å². The van der Waals surface area contributed by atoms with Gasteiger partial charge in [-0.1, -0.05) is 18.5 Å². The number of ether oxygens (including phenoxy) is 1. The second kappa shape index (κ2) is 5.87. The smallest absolute Gasteiger partial charge is 0.164 e. The molecule has 1 rings (SSSR count). The largest absolute Gasteiger partial charge is 0.497 e. The van der Waals surface area contributed by atoms with E-state index in [1.807, 2.05) is 6.92 Å². The summed E-state index contributed by atoms with van der Waals surface area (Å²) in [5.41, 5.74) is 6.01. The molecule has 0 saturated heterocycles. The molecule has 0 amide bonds. The molecular formula is C12H16ClNO2. The van der Waals surface area contributed by atoms with Gasteiger partial charge in [0, 0.05) is 12.0 Å². The Labute approximate surface area is 101 Å². The summed E-state index contributed by atoms with van der Waals surface area (Å²) < 4.78 is 5.02. The number of benzene rings is 1. The first kappa shape index (κ1) is 13.0. The lowest BCUT2D eigenvalue weighted by molar-refractivity contribution is 0.0966. The molecule has 0 spiro atoms. The summed E-state index contributed by atoms with van der Waals surface area (Å²) in [6.45, 7) is 2.44. The van der Waals surface area contributed by atoms with Crippen LogP contribution in [0.25, 0.3) is 0 Å². The number of nitrogens with two attached hydrogens (primary N) is 1. The van der Waals surface area contributed by atoms with E-state index in [1.165, 1.54) is 0 Å². The van der Waals surface area contributed by atoms with Crippen molar-refractivity contribution in [2.45, 2.75) is 13.3 Å². The SMILES string of the molecule is COc1ccc(C(=O)CC(C)CN)c(Cl)c1. The number of methoxy groups -OCH3 is 1. The minimum absolute atomic E-state index is 0.0191. The zero-order chi connectivity index (χ0) is 12.1. The fourth-order valence-corrected chi connectivity index (χ4v) is 1.63. The van der Waals surface area contributed by atoms with Gasteiger partial charge in [-0.25, -0.2) is 0 Å². The van der Waals surface area contributed by atoms with Crippen LogP contribution in [0.15, 0.2) is 18.2 Å². The molecule has 0 radical (unpaired) electrons. The minimum Gasteiger partial charge on any atom is -0.497 e. The first-order valence-electron chi connectivity index (χ1n) is 5.15. The van der Waals surface area contributed by atoms with Crippen LogP contribution in [0.5, 0.6) is 5.75 Å². The van der Waals surface area contributed by atoms with Crippen LogP contribution in [0.3, 0.4) is 0 Å². The minimum atomic E-state index is 0.0191. The molecule has 0 aliphatic carbocycles. The number of Topliss-reactive ketones (excluding diaryl/α,β-unsaturated/α-hetero) is 1. The molecule has 3 nitrogen and oxygen atoms in total. The van der Waals surface area contributed by atoms with Gasteiger partial charge in [-0.05, 0) is 30.7 Å². The van der Waals surface area contributed by atoms with Gasteiger partial charge in [-0.2, -0.15) is 0 Å². The molecule has 0 fully saturated rings. The third-order valence-electron chi connectivity index (χ3n) is 2.41. The fourth-order valence-electron chi connectivity index (χ4n) is 1.36. The first-order chi connectivity index (χ1) is 7.58. The van der Waals surface area contributed by atoms with Gasteiger partial charge in [0.15, 0.2) is 5.78 Å². The van der Waals surface area contributed by atoms with E-state index in [-0.39, 0.29) is 11.7 Å². The van der Waals surface area contributed by atoms with E-state index in [1.54, 1.807) is 25.3 Å². The predicted octanol–water partition coefficient (Wildman–Crippen LogP) is 2.52. The van der Waals surface area contributed by atoms with Crippen molar-refractivity contribution in [1.29, 1.82) is 0 Å². The molecule has 2 N–H and O–H groups in total. The standard InChI is InChI=1S/C12H16ClNO2/c1-8(7-14)5-12(15)10-4-3-9(16-2)6-11(10)13/h3-4,6,8H,5,7,14H2,1-2H3. The third kappa shape index (κ3) is 3.22. The Balaban J connectivity index is 2.84. The molecule has 1 atom stereocenters. The Hall–Kier alpha value is -1.06. The van der Waals surface area contributed by atoms with Crippen LogP contribution in [-0.4, -0.2) is 19.4 Å². The van der Waals surface area contributed by atoms with E-state index in [0.29, 0.717) is 29.3 Å². The number of hydrogen-bond acceptors (Lipinski definition) is 3. The summed E-state index contributed by atoms with van der Waals surface area (Å²) in [7, 11) is 1.56. The highest BCUT2D eigenvalue weighted by Gasteiger charge is 2.13. The van der Waals surface area contributed by atoms with Crippen molar-refractivity contribution >= 4 is 17.4 Å². The van der Waals surface area contributed by atoms with Crippen LogP contribution < -0.4 is 10.5 Å². The maximum Gasteiger partial charge on any atom is 0.164 e. The Kier molecular flexibility index (Phi) is 4.77. The molecule has 0 bridgehead atoms. The molecule has 1 aromatic carbocycles. The summed E-state index contributed by atoms with van der Waals surface area (Å²) in [4.78, 5) is 11.9. The second-order valence-electron chi connectivity index (χ2n) is 3.81. The van der Waals surface area contributed by atoms with Gasteiger partial charge in [0.05, 0.1) is 12.1 Å². The lowest BCUT2D eigenvalue weighted by Crippen LogP contribution is -2.15. The van der Waals surface area contributed by atoms with Gasteiger partial charge in [-0.3, -0.25) is 4.79 Å². The number of ketones is 1. The predicted molar refractivity (Wildman–Crippen MR) is 65.2 cm³/mol. The quantitative estimate of drug-likeness (QED) is 0.806. The molecule has 16 heavy (non-hydrogen) atoms. The summed E-state index contributed by atoms with van der Waals surface area (Å²) in [5, 5.41) is 0.425. The third-order valence-corrected chi connectivity index (χ3v) is 2.73. The zero-order valence-corrected chi connectivity index (χ0v) is 10.3. The summed E-state index contributed by atoms with van der Waals surface area (Å²) in [5.74, 6) is 0.838. The Morgan fingerprint density at radius 3 is 2.75 bits per heavy atom. The van der Waals surface area contributed by atoms with Crippen molar-refractivity contribution in [3.8, 4) is 5.75 Å². The first-order valence-corrected chi connectivity index (χ1v) is 5.53. The molecule has 0 aliphatic rings. The number of rotatable bonds is 5. The maximum atomic E-state index is 11.9. The van der Waals surface area contributed by atoms with Crippen molar-refractivity contribution in [2.75, 3.05) is 13.7 Å². The van der Waals surface area contributed by atoms with E-state index in [2.05, 4.69) is 0 Å². The van der Waals surface area contributed by atoms with Gasteiger partial charge in [0.1, 0.15) is 5.75 Å². The Bertz CT molecular complexity index is 379. The molecule has 0 aliphatic heterocycles. The number of carbonyl (C=O) groups excluding carboxylic acids is 1. The molecule has 0 aromatic heterocycles. The molecule has 0 heterocycles. The zero-order valence-electron chi connectivity index (χ0n) is 9.50. The van der Waals surface area contributed by atoms with Crippen molar-refractivity contribution in [1.82, 2.24) is 0 Å². The van der Waals surface area contributed by atoms with E-state index in [0.717, 1.165) is 0 Å². The van der Waals surface area contributed by atoms with E-state index >= 15 is 0 Å². The average molecular weight is 242 g/mol. The summed E-state index contributed by atoms with van der Waals surface area (Å²) in [6, 6.07) is 5.06. The highest BCUT2D eigenvalue weighted by molar-refractivity contribution is 6.34. The van der Waals surface area contributed by atoms with Gasteiger partial charge in [0.25, 0.3) is 0 Å². The van der Waals surface area contributed by atoms with Crippen molar-refractivity contribution in [3.63, 3.8) is 0 Å². The molecule has 88 valence electrons. The van der Waals surface area contributed by atoms with Crippen LogP contribution >= 0.6 is 11.6 Å². The van der Waals surface area contributed by atoms with E-state index < -0.39 is 0 Å². The topological polar surface area (TPSA) is 52.3 Å². The van der Waals surface area contributed by atoms with Crippen LogP contribution in [0.4, 0.5) is 0 Å². The lowest BCUT2D eigenvalue weighted by Gasteiger charge is -2.09. The van der Waals surface area contributed by atoms with Crippen molar-refractivity contribution in [3.05, 3.63) is 28.8 Å². The molecular weight excluding hydrogens is 226 g/mol. The molecule has 0 saturated carbocycles. The fraction of sp³-hybridized carbons (Fsp3) is 0.417. The van der Waals surface area contributed by atoms with E-state index in [4.69, 9.17) is 22.1 Å². The Morgan fingerprint density at radius 2 is 2.25 bits per heavy atom. The van der Waals surface area contributed by atoms with Crippen molar-refractivity contribution in [2.24, 2.45) is 11.7 Å². The van der Waals surface area contributed by atoms with Crippen LogP contribution in [-0.2, 0) is 0 Å². The number of carbonyl (C=O) groups is 1. The van der Waals surface area contributed by atoms with Crippen LogP contribution in [0.2, 0.25) is 5.02 Å². The van der Waals surface area contributed by atoms with Gasteiger partial charge >= 0.3 is 0 Å². The highest BCUT2D eigenvalue weighted by Crippen LogP contribution is 2.24. The summed E-state index contributed by atoms with van der Waals surface area (Å²) >= 11 is 6.00. The van der Waals surface area contributed by atoms with Gasteiger partial charge < -0.3 is 10.5 Å². The maximum absolute atomic E-state index is 11.9.